The molecule has 2 unspecified atom stereocenters. The molecule has 0 bridgehead atoms. The molecule has 0 radical (unpaired) electrons. The third kappa shape index (κ3) is 4.42. The van der Waals surface area contributed by atoms with Gasteiger partial charge in [-0.2, -0.15) is 0 Å². The zero-order valence-electron chi connectivity index (χ0n) is 14.1. The van der Waals surface area contributed by atoms with Crippen molar-refractivity contribution >= 4 is 6.03 Å². The van der Waals surface area contributed by atoms with E-state index < -0.39 is 6.03 Å². The van der Waals surface area contributed by atoms with Gasteiger partial charge >= 0.3 is 6.03 Å². The topological polar surface area (TPSA) is 85.0 Å². The van der Waals surface area contributed by atoms with Gasteiger partial charge in [-0.05, 0) is 67.1 Å². The first kappa shape index (κ1) is 17.1. The molecule has 2 aromatic rings. The second-order valence-electron chi connectivity index (χ2n) is 6.10. The summed E-state index contributed by atoms with van der Waals surface area (Å²) in [6.07, 6.45) is 0.914. The maximum atomic E-state index is 10.9. The summed E-state index contributed by atoms with van der Waals surface area (Å²) in [6, 6.07) is 14.5. The number of hydrogen-bond acceptors (Lipinski definition) is 4. The molecule has 1 fully saturated rings. The zero-order chi connectivity index (χ0) is 17.8. The van der Waals surface area contributed by atoms with Crippen LogP contribution in [-0.4, -0.2) is 29.5 Å². The highest BCUT2D eigenvalue weighted by Gasteiger charge is 2.40. The van der Waals surface area contributed by atoms with Crippen molar-refractivity contribution in [1.82, 2.24) is 5.06 Å². The Labute approximate surface area is 146 Å². The molecule has 25 heavy (non-hydrogen) atoms. The summed E-state index contributed by atoms with van der Waals surface area (Å²) in [5.74, 6) is 2.83. The normalized spacial score (nSPS) is 18.5. The highest BCUT2D eigenvalue weighted by molar-refractivity contribution is 5.70. The minimum absolute atomic E-state index is 0.221. The number of primary amides is 1. The van der Waals surface area contributed by atoms with Crippen LogP contribution in [0.5, 0.6) is 17.2 Å². The molecule has 6 heteroatoms. The maximum absolute atomic E-state index is 10.9. The highest BCUT2D eigenvalue weighted by Crippen LogP contribution is 2.48. The van der Waals surface area contributed by atoms with Gasteiger partial charge in [-0.3, -0.25) is 5.21 Å². The molecule has 3 N–H and O–H groups in total. The Bertz CT molecular complexity index is 732. The Morgan fingerprint density at radius 1 is 1.20 bits per heavy atom. The number of hydroxylamine groups is 2. The Morgan fingerprint density at radius 2 is 1.92 bits per heavy atom. The van der Waals surface area contributed by atoms with Gasteiger partial charge in [0.15, 0.2) is 0 Å². The first-order valence-electron chi connectivity index (χ1n) is 8.33. The van der Waals surface area contributed by atoms with Gasteiger partial charge in [0.05, 0.1) is 13.2 Å². The average molecular weight is 342 g/mol. The molecule has 0 aliphatic heterocycles. The molecule has 2 amide bonds. The molecule has 2 atom stereocenters. The summed E-state index contributed by atoms with van der Waals surface area (Å²) in [5.41, 5.74) is 6.17. The lowest BCUT2D eigenvalue weighted by Gasteiger charge is -2.12. The Morgan fingerprint density at radius 3 is 2.60 bits per heavy atom. The van der Waals surface area contributed by atoms with Crippen molar-refractivity contribution in [2.24, 2.45) is 11.7 Å². The van der Waals surface area contributed by atoms with Crippen molar-refractivity contribution in [2.45, 2.75) is 19.3 Å². The van der Waals surface area contributed by atoms with Crippen molar-refractivity contribution in [2.75, 3.05) is 13.2 Å². The van der Waals surface area contributed by atoms with Gasteiger partial charge in [0.1, 0.15) is 17.2 Å². The van der Waals surface area contributed by atoms with Gasteiger partial charge in [-0.1, -0.05) is 12.1 Å². The van der Waals surface area contributed by atoms with Crippen LogP contribution in [0.4, 0.5) is 4.79 Å². The molecule has 1 aliphatic carbocycles. The summed E-state index contributed by atoms with van der Waals surface area (Å²) in [5, 5.41) is 10.0. The number of carbonyl (C=O) groups is 1. The molecule has 0 aromatic heterocycles. The number of nitrogens with two attached hydrogens (primary N) is 1. The molecule has 132 valence electrons. The van der Waals surface area contributed by atoms with Crippen LogP contribution in [0.25, 0.3) is 0 Å². The number of rotatable bonds is 7. The predicted molar refractivity (Wildman–Crippen MR) is 93.1 cm³/mol. The number of hydrogen-bond donors (Lipinski definition) is 2. The molecule has 0 spiro atoms. The van der Waals surface area contributed by atoms with Gasteiger partial charge in [0.2, 0.25) is 0 Å². The maximum Gasteiger partial charge on any atom is 0.338 e. The number of urea groups is 1. The van der Waals surface area contributed by atoms with E-state index in [-0.39, 0.29) is 12.5 Å². The molecule has 3 rings (SSSR count). The Balaban J connectivity index is 1.61. The van der Waals surface area contributed by atoms with E-state index in [1.807, 2.05) is 55.5 Å². The highest BCUT2D eigenvalue weighted by atomic mass is 16.5. The van der Waals surface area contributed by atoms with E-state index in [4.69, 9.17) is 15.2 Å². The van der Waals surface area contributed by atoms with Gasteiger partial charge in [0, 0.05) is 0 Å². The third-order valence-corrected chi connectivity index (χ3v) is 4.24. The molecule has 0 saturated heterocycles. The minimum atomic E-state index is -0.821. The van der Waals surface area contributed by atoms with Gasteiger partial charge < -0.3 is 15.2 Å². The van der Waals surface area contributed by atoms with Crippen molar-refractivity contribution in [3.63, 3.8) is 0 Å². The second kappa shape index (κ2) is 7.44. The fourth-order valence-corrected chi connectivity index (χ4v) is 2.89. The molecule has 0 heterocycles. The summed E-state index contributed by atoms with van der Waals surface area (Å²) >= 11 is 0. The van der Waals surface area contributed by atoms with Crippen molar-refractivity contribution in [1.29, 1.82) is 0 Å². The van der Waals surface area contributed by atoms with E-state index in [1.54, 1.807) is 0 Å². The molecule has 2 aromatic carbocycles. The van der Waals surface area contributed by atoms with Crippen LogP contribution < -0.4 is 15.2 Å². The van der Waals surface area contributed by atoms with E-state index in [1.165, 1.54) is 0 Å². The average Bonchev–Trinajstić information content (AvgIpc) is 3.36. The molecule has 1 saturated carbocycles. The lowest BCUT2D eigenvalue weighted by molar-refractivity contribution is -0.0431. The third-order valence-electron chi connectivity index (χ3n) is 4.24. The van der Waals surface area contributed by atoms with Crippen LogP contribution in [-0.2, 0) is 0 Å². The van der Waals surface area contributed by atoms with Crippen molar-refractivity contribution in [3.05, 3.63) is 54.1 Å². The molecular formula is C19H22N2O4. The van der Waals surface area contributed by atoms with Crippen LogP contribution in [0.3, 0.4) is 0 Å². The standard InChI is InChI=1S/C19H22N2O4/c1-2-24-15-6-8-16(9-7-15)25-17-5-3-4-13(10-17)18-11-14(18)12-21(23)19(20)22/h3-10,14,18,23H,2,11-12H2,1H3,(H2,20,22). The van der Waals surface area contributed by atoms with Crippen LogP contribution >= 0.6 is 0 Å². The van der Waals surface area contributed by atoms with Crippen LogP contribution in [0, 0.1) is 5.92 Å². The summed E-state index contributed by atoms with van der Waals surface area (Å²) in [7, 11) is 0. The van der Waals surface area contributed by atoms with Gasteiger partial charge in [-0.25, -0.2) is 9.86 Å². The van der Waals surface area contributed by atoms with Gasteiger partial charge in [-0.15, -0.1) is 0 Å². The van der Waals surface area contributed by atoms with Crippen molar-refractivity contribution < 1.29 is 19.5 Å². The van der Waals surface area contributed by atoms with E-state index in [0.29, 0.717) is 17.6 Å². The van der Waals surface area contributed by atoms with Crippen LogP contribution in [0.1, 0.15) is 24.8 Å². The first-order chi connectivity index (χ1) is 12.1. The number of ether oxygens (including phenoxy) is 2. The number of amides is 2. The first-order valence-corrected chi connectivity index (χ1v) is 8.33. The minimum Gasteiger partial charge on any atom is -0.494 e. The largest absolute Gasteiger partial charge is 0.494 e. The summed E-state index contributed by atoms with van der Waals surface area (Å²) in [6.45, 7) is 2.83. The molecule has 6 nitrogen and oxygen atoms in total. The second-order valence-corrected chi connectivity index (χ2v) is 6.10. The lowest BCUT2D eigenvalue weighted by Crippen LogP contribution is -2.34. The van der Waals surface area contributed by atoms with E-state index in [9.17, 15) is 10.0 Å². The number of benzene rings is 2. The van der Waals surface area contributed by atoms with E-state index in [0.717, 1.165) is 29.2 Å². The number of carbonyl (C=O) groups excluding carboxylic acids is 1. The Kier molecular flexibility index (Phi) is 5.09. The molecular weight excluding hydrogens is 320 g/mol. The zero-order valence-corrected chi connectivity index (χ0v) is 14.1. The smallest absolute Gasteiger partial charge is 0.338 e. The fourth-order valence-electron chi connectivity index (χ4n) is 2.89. The summed E-state index contributed by atoms with van der Waals surface area (Å²) < 4.78 is 11.3. The van der Waals surface area contributed by atoms with E-state index in [2.05, 4.69) is 0 Å². The van der Waals surface area contributed by atoms with Gasteiger partial charge in [0.25, 0.3) is 0 Å². The molecule has 1 aliphatic rings. The van der Waals surface area contributed by atoms with Crippen LogP contribution in [0.2, 0.25) is 0 Å². The fraction of sp³-hybridized carbons (Fsp3) is 0.316. The predicted octanol–water partition coefficient (Wildman–Crippen LogP) is 3.75. The lowest BCUT2D eigenvalue weighted by atomic mass is 10.1. The monoisotopic (exact) mass is 342 g/mol. The quantitative estimate of drug-likeness (QED) is 0.593. The van der Waals surface area contributed by atoms with E-state index >= 15 is 0 Å². The van der Waals surface area contributed by atoms with Crippen molar-refractivity contribution in [3.8, 4) is 17.2 Å². The Hall–Kier alpha value is -2.73. The SMILES string of the molecule is CCOc1ccc(Oc2cccc(C3CC3CN(O)C(N)=O)c2)cc1. The number of nitrogens with zero attached hydrogens (tertiary/aromatic N) is 1. The summed E-state index contributed by atoms with van der Waals surface area (Å²) in [4.78, 5) is 10.9. The van der Waals surface area contributed by atoms with Crippen LogP contribution in [0.15, 0.2) is 48.5 Å².